The highest BCUT2D eigenvalue weighted by Gasteiger charge is 2.16. The maximum Gasteiger partial charge on any atom is 0.272 e. The van der Waals surface area contributed by atoms with Gasteiger partial charge in [0.2, 0.25) is 5.91 Å². The average Bonchev–Trinajstić information content (AvgIpc) is 3.00. The molecule has 0 saturated carbocycles. The number of hydrogen-bond donors (Lipinski definition) is 3. The van der Waals surface area contributed by atoms with E-state index in [0.717, 1.165) is 21.7 Å². The Morgan fingerprint density at radius 2 is 1.52 bits per heavy atom. The molecule has 4 aromatic carbocycles. The Kier molecular flexibility index (Phi) is 10.6. The first kappa shape index (κ1) is 30.1. The van der Waals surface area contributed by atoms with E-state index in [1.807, 2.05) is 81.4 Å². The van der Waals surface area contributed by atoms with Gasteiger partial charge in [-0.1, -0.05) is 48.5 Å². The standard InChI is InChI=1S/C34H33N3O4S/c1-4-41-31-16-9-8-14-26(31)21-30(37-33(39)25-12-6-5-7-13-25)34(40)35-27-17-19-28(20-18-27)42-22-32(38)36-29-15-10-11-23(2)24(29)3/h5-21H,4,22H2,1-3H3,(H,35,40)(H,36,38)(H,37,39)/b30-21-. The van der Waals surface area contributed by atoms with Crippen LogP contribution in [0.1, 0.15) is 34.0 Å². The number of carbonyl (C=O) groups excluding carboxylic acids is 3. The highest BCUT2D eigenvalue weighted by molar-refractivity contribution is 8.00. The summed E-state index contributed by atoms with van der Waals surface area (Å²) in [6.45, 7) is 6.33. The maximum atomic E-state index is 13.4. The van der Waals surface area contributed by atoms with Crippen LogP contribution in [-0.2, 0) is 9.59 Å². The third-order valence-electron chi connectivity index (χ3n) is 6.41. The molecule has 42 heavy (non-hydrogen) atoms. The van der Waals surface area contributed by atoms with Crippen LogP contribution in [0.5, 0.6) is 5.75 Å². The summed E-state index contributed by atoms with van der Waals surface area (Å²) in [5.74, 6) is -0.142. The van der Waals surface area contributed by atoms with Gasteiger partial charge in [0, 0.05) is 27.4 Å². The predicted molar refractivity (Wildman–Crippen MR) is 170 cm³/mol. The van der Waals surface area contributed by atoms with Crippen LogP contribution in [0.25, 0.3) is 6.08 Å². The van der Waals surface area contributed by atoms with Crippen molar-refractivity contribution in [3.8, 4) is 5.75 Å². The molecule has 0 aliphatic carbocycles. The lowest BCUT2D eigenvalue weighted by Gasteiger charge is -2.13. The zero-order chi connectivity index (χ0) is 29.9. The number of anilines is 2. The molecule has 214 valence electrons. The minimum absolute atomic E-state index is 0.0672. The molecule has 8 heteroatoms. The lowest BCUT2D eigenvalue weighted by atomic mass is 10.1. The molecule has 0 bridgehead atoms. The first-order chi connectivity index (χ1) is 20.3. The second-order valence-electron chi connectivity index (χ2n) is 9.41. The van der Waals surface area contributed by atoms with Gasteiger partial charge in [-0.25, -0.2) is 0 Å². The normalized spacial score (nSPS) is 11.0. The number of ether oxygens (including phenoxy) is 1. The van der Waals surface area contributed by atoms with Crippen LogP contribution >= 0.6 is 11.8 Å². The van der Waals surface area contributed by atoms with E-state index in [0.29, 0.717) is 29.2 Å². The van der Waals surface area contributed by atoms with Crippen molar-refractivity contribution in [3.05, 3.63) is 125 Å². The summed E-state index contributed by atoms with van der Waals surface area (Å²) in [5.41, 5.74) is 4.67. The van der Waals surface area contributed by atoms with Crippen molar-refractivity contribution < 1.29 is 19.1 Å². The van der Waals surface area contributed by atoms with E-state index in [4.69, 9.17) is 4.74 Å². The summed E-state index contributed by atoms with van der Waals surface area (Å²) >= 11 is 1.40. The molecule has 3 amide bonds. The summed E-state index contributed by atoms with van der Waals surface area (Å²) in [4.78, 5) is 39.7. The number of rotatable bonds is 11. The Bertz CT molecular complexity index is 1580. The molecule has 4 aromatic rings. The zero-order valence-electron chi connectivity index (χ0n) is 23.8. The summed E-state index contributed by atoms with van der Waals surface area (Å²) in [6.07, 6.45) is 1.60. The van der Waals surface area contributed by atoms with Crippen molar-refractivity contribution in [3.63, 3.8) is 0 Å². The number of hydrogen-bond acceptors (Lipinski definition) is 5. The summed E-state index contributed by atoms with van der Waals surface area (Å²) < 4.78 is 5.70. The fourth-order valence-electron chi connectivity index (χ4n) is 4.04. The Morgan fingerprint density at radius 1 is 0.810 bits per heavy atom. The predicted octanol–water partition coefficient (Wildman–Crippen LogP) is 6.84. The number of amides is 3. The van der Waals surface area contributed by atoms with E-state index < -0.39 is 11.8 Å². The molecule has 0 aliphatic heterocycles. The molecule has 0 unspecified atom stereocenters. The topological polar surface area (TPSA) is 96.5 Å². The Balaban J connectivity index is 1.44. The first-order valence-electron chi connectivity index (χ1n) is 13.5. The van der Waals surface area contributed by atoms with Gasteiger partial charge in [-0.2, -0.15) is 0 Å². The monoisotopic (exact) mass is 579 g/mol. The number of thioether (sulfide) groups is 1. The Morgan fingerprint density at radius 3 is 2.26 bits per heavy atom. The highest BCUT2D eigenvalue weighted by Crippen LogP contribution is 2.24. The lowest BCUT2D eigenvalue weighted by molar-refractivity contribution is -0.114. The van der Waals surface area contributed by atoms with Crippen LogP contribution in [-0.4, -0.2) is 30.1 Å². The smallest absolute Gasteiger partial charge is 0.272 e. The molecule has 0 aromatic heterocycles. The first-order valence-corrected chi connectivity index (χ1v) is 14.5. The number of benzene rings is 4. The van der Waals surface area contributed by atoms with Gasteiger partial charge in [0.05, 0.1) is 12.4 Å². The maximum absolute atomic E-state index is 13.4. The van der Waals surface area contributed by atoms with Crippen LogP contribution in [0, 0.1) is 13.8 Å². The molecule has 4 rings (SSSR count). The third-order valence-corrected chi connectivity index (χ3v) is 7.42. The second-order valence-corrected chi connectivity index (χ2v) is 10.5. The minimum Gasteiger partial charge on any atom is -0.493 e. The zero-order valence-corrected chi connectivity index (χ0v) is 24.6. The molecule has 0 heterocycles. The van der Waals surface area contributed by atoms with Crippen molar-refractivity contribution in [2.75, 3.05) is 23.0 Å². The number of nitrogens with one attached hydrogen (secondary N) is 3. The number of aryl methyl sites for hydroxylation is 1. The van der Waals surface area contributed by atoms with Crippen molar-refractivity contribution in [1.29, 1.82) is 0 Å². The van der Waals surface area contributed by atoms with Crippen molar-refractivity contribution in [2.24, 2.45) is 0 Å². The minimum atomic E-state index is -0.487. The molecular weight excluding hydrogens is 546 g/mol. The molecule has 7 nitrogen and oxygen atoms in total. The molecule has 3 N–H and O–H groups in total. The van der Waals surface area contributed by atoms with Crippen molar-refractivity contribution in [2.45, 2.75) is 25.7 Å². The van der Waals surface area contributed by atoms with E-state index in [9.17, 15) is 14.4 Å². The average molecular weight is 580 g/mol. The van der Waals surface area contributed by atoms with Gasteiger partial charge in [0.25, 0.3) is 11.8 Å². The van der Waals surface area contributed by atoms with Crippen LogP contribution in [0.4, 0.5) is 11.4 Å². The second kappa shape index (κ2) is 14.7. The van der Waals surface area contributed by atoms with Crippen molar-refractivity contribution >= 4 is 46.9 Å². The van der Waals surface area contributed by atoms with E-state index in [1.54, 1.807) is 42.5 Å². The molecular formula is C34H33N3O4S. The highest BCUT2D eigenvalue weighted by atomic mass is 32.2. The molecule has 0 spiro atoms. The third kappa shape index (κ3) is 8.34. The van der Waals surface area contributed by atoms with E-state index in [2.05, 4.69) is 16.0 Å². The number of carbonyl (C=O) groups is 3. The SMILES string of the molecule is CCOc1ccccc1/C=C(\NC(=O)c1ccccc1)C(=O)Nc1ccc(SCC(=O)Nc2cccc(C)c2C)cc1. The van der Waals surface area contributed by atoms with Gasteiger partial charge in [-0.15, -0.1) is 11.8 Å². The molecule has 0 radical (unpaired) electrons. The van der Waals surface area contributed by atoms with E-state index >= 15 is 0 Å². The Hall–Kier alpha value is -4.82. The van der Waals surface area contributed by atoms with E-state index in [1.165, 1.54) is 11.8 Å². The Labute approximate surface area is 250 Å². The van der Waals surface area contributed by atoms with Crippen LogP contribution in [0.3, 0.4) is 0 Å². The molecule has 0 aliphatic rings. The van der Waals surface area contributed by atoms with Gasteiger partial charge in [0.1, 0.15) is 11.4 Å². The van der Waals surface area contributed by atoms with Crippen LogP contribution in [0.2, 0.25) is 0 Å². The lowest BCUT2D eigenvalue weighted by Crippen LogP contribution is -2.30. The summed E-state index contributed by atoms with van der Waals surface area (Å²) in [6, 6.07) is 29.0. The number of para-hydroxylation sites is 1. The fraction of sp³-hybridized carbons (Fsp3) is 0.147. The van der Waals surface area contributed by atoms with Gasteiger partial charge in [-0.05, 0) is 86.5 Å². The molecule has 0 saturated heterocycles. The van der Waals surface area contributed by atoms with Crippen LogP contribution in [0.15, 0.2) is 108 Å². The van der Waals surface area contributed by atoms with Gasteiger partial charge in [0.15, 0.2) is 0 Å². The molecule has 0 fully saturated rings. The molecule has 0 atom stereocenters. The van der Waals surface area contributed by atoms with Gasteiger partial charge >= 0.3 is 0 Å². The summed E-state index contributed by atoms with van der Waals surface area (Å²) in [7, 11) is 0. The van der Waals surface area contributed by atoms with E-state index in [-0.39, 0.29) is 17.4 Å². The van der Waals surface area contributed by atoms with Gasteiger partial charge < -0.3 is 20.7 Å². The van der Waals surface area contributed by atoms with Crippen molar-refractivity contribution in [1.82, 2.24) is 5.32 Å². The van der Waals surface area contributed by atoms with Crippen LogP contribution < -0.4 is 20.7 Å². The fourth-order valence-corrected chi connectivity index (χ4v) is 4.74. The summed E-state index contributed by atoms with van der Waals surface area (Å²) in [5, 5.41) is 8.57. The largest absolute Gasteiger partial charge is 0.493 e. The quantitative estimate of drug-likeness (QED) is 0.134. The van der Waals surface area contributed by atoms with Gasteiger partial charge in [-0.3, -0.25) is 14.4 Å².